The largest absolute Gasteiger partial charge is 0.465 e. The smallest absolute Gasteiger partial charge is 0.338 e. The van der Waals surface area contributed by atoms with Crippen molar-refractivity contribution in [2.45, 2.75) is 18.9 Å². The molecule has 2 N–H and O–H groups in total. The molecule has 4 aromatic rings. The first-order chi connectivity index (χ1) is 19.8. The van der Waals surface area contributed by atoms with E-state index in [1.165, 1.54) is 66.6 Å². The number of amides is 2. The first kappa shape index (κ1) is 27.7. The van der Waals surface area contributed by atoms with E-state index in [0.717, 1.165) is 0 Å². The standard InChI is InChI=1S/C32H26F2N2O5/c1-41-32(40)26-18-22(35-30(38)23-12-9-20(33)16-25(23)19-6-3-2-4-7-19)11-13-24(26)31(39)36-15-5-8-29(37)27-17-21(34)10-14-28(27)36/h2-4,6-7,9-14,16-18,29,37H,5,8,15H2,1H3,(H,35,38). The Morgan fingerprint density at radius 3 is 2.34 bits per heavy atom. The third kappa shape index (κ3) is 5.71. The number of hydrogen-bond acceptors (Lipinski definition) is 5. The van der Waals surface area contributed by atoms with Gasteiger partial charge in [0.2, 0.25) is 0 Å². The number of hydrogen-bond donors (Lipinski definition) is 2. The van der Waals surface area contributed by atoms with Crippen LogP contribution in [-0.2, 0) is 4.74 Å². The van der Waals surface area contributed by atoms with Crippen molar-refractivity contribution in [3.63, 3.8) is 0 Å². The van der Waals surface area contributed by atoms with Crippen LogP contribution in [0.15, 0.2) is 84.9 Å². The Hall–Kier alpha value is -4.89. The Bertz CT molecular complexity index is 1640. The second kappa shape index (κ2) is 11.7. The zero-order valence-corrected chi connectivity index (χ0v) is 22.1. The van der Waals surface area contributed by atoms with E-state index in [2.05, 4.69) is 5.32 Å². The Morgan fingerprint density at radius 2 is 1.59 bits per heavy atom. The number of halogens is 2. The second-order valence-corrected chi connectivity index (χ2v) is 9.58. The summed E-state index contributed by atoms with van der Waals surface area (Å²) in [5, 5.41) is 13.2. The first-order valence-corrected chi connectivity index (χ1v) is 12.9. The highest BCUT2D eigenvalue weighted by Gasteiger charge is 2.29. The lowest BCUT2D eigenvalue weighted by Crippen LogP contribution is -2.33. The Morgan fingerprint density at radius 1 is 0.878 bits per heavy atom. The van der Waals surface area contributed by atoms with Gasteiger partial charge >= 0.3 is 5.97 Å². The van der Waals surface area contributed by atoms with Crippen molar-refractivity contribution in [3.8, 4) is 11.1 Å². The van der Waals surface area contributed by atoms with Gasteiger partial charge in [0, 0.05) is 29.0 Å². The third-order valence-electron chi connectivity index (χ3n) is 6.97. The minimum atomic E-state index is -0.941. The zero-order chi connectivity index (χ0) is 29.1. The first-order valence-electron chi connectivity index (χ1n) is 12.9. The van der Waals surface area contributed by atoms with Crippen LogP contribution in [0.5, 0.6) is 0 Å². The molecule has 5 rings (SSSR count). The maximum atomic E-state index is 14.1. The van der Waals surface area contributed by atoms with Crippen molar-refractivity contribution in [3.05, 3.63) is 119 Å². The van der Waals surface area contributed by atoms with Gasteiger partial charge in [0.05, 0.1) is 24.3 Å². The minimum Gasteiger partial charge on any atom is -0.465 e. The maximum Gasteiger partial charge on any atom is 0.338 e. The van der Waals surface area contributed by atoms with E-state index in [1.807, 2.05) is 6.07 Å². The Labute approximate surface area is 235 Å². The van der Waals surface area contributed by atoms with Crippen molar-refractivity contribution in [2.75, 3.05) is 23.9 Å². The number of nitrogens with zero attached hydrogens (tertiary/aromatic N) is 1. The molecule has 1 unspecified atom stereocenters. The number of anilines is 2. The fraction of sp³-hybridized carbons (Fsp3) is 0.156. The number of rotatable bonds is 5. The highest BCUT2D eigenvalue weighted by molar-refractivity contribution is 6.14. The molecule has 208 valence electrons. The van der Waals surface area contributed by atoms with Gasteiger partial charge in [-0.15, -0.1) is 0 Å². The van der Waals surface area contributed by atoms with Crippen LogP contribution in [-0.4, -0.2) is 36.5 Å². The maximum absolute atomic E-state index is 14.1. The predicted molar refractivity (Wildman–Crippen MR) is 150 cm³/mol. The van der Waals surface area contributed by atoms with Crippen molar-refractivity contribution in [1.29, 1.82) is 0 Å². The SMILES string of the molecule is COC(=O)c1cc(NC(=O)c2ccc(F)cc2-c2ccccc2)ccc1C(=O)N1CCCC(O)c2cc(F)ccc21. The lowest BCUT2D eigenvalue weighted by Gasteiger charge is -2.24. The molecule has 4 aromatic carbocycles. The molecule has 0 saturated carbocycles. The van der Waals surface area contributed by atoms with Crippen LogP contribution < -0.4 is 10.2 Å². The fourth-order valence-electron chi connectivity index (χ4n) is 4.97. The van der Waals surface area contributed by atoms with Gasteiger partial charge in [0.15, 0.2) is 0 Å². The van der Waals surface area contributed by atoms with Crippen LogP contribution in [0.1, 0.15) is 55.6 Å². The molecule has 0 fully saturated rings. The summed E-state index contributed by atoms with van der Waals surface area (Å²) in [6, 6.07) is 20.8. The van der Waals surface area contributed by atoms with Gasteiger partial charge in [-0.1, -0.05) is 30.3 Å². The summed E-state index contributed by atoms with van der Waals surface area (Å²) < 4.78 is 33.0. The van der Waals surface area contributed by atoms with Crippen LogP contribution in [0, 0.1) is 11.6 Å². The quantitative estimate of drug-likeness (QED) is 0.288. The summed E-state index contributed by atoms with van der Waals surface area (Å²) in [5.41, 5.74) is 2.01. The summed E-state index contributed by atoms with van der Waals surface area (Å²) in [4.78, 5) is 41.2. The summed E-state index contributed by atoms with van der Waals surface area (Å²) >= 11 is 0. The van der Waals surface area contributed by atoms with Crippen LogP contribution in [0.4, 0.5) is 20.2 Å². The zero-order valence-electron chi connectivity index (χ0n) is 22.1. The average Bonchev–Trinajstić information content (AvgIpc) is 3.14. The van der Waals surface area contributed by atoms with Gasteiger partial charge < -0.3 is 20.1 Å². The van der Waals surface area contributed by atoms with Gasteiger partial charge in [0.25, 0.3) is 11.8 Å². The normalized spacial score (nSPS) is 14.5. The van der Waals surface area contributed by atoms with Gasteiger partial charge in [0.1, 0.15) is 11.6 Å². The van der Waals surface area contributed by atoms with Gasteiger partial charge in [-0.3, -0.25) is 9.59 Å². The number of benzene rings is 4. The molecule has 0 radical (unpaired) electrons. The molecule has 1 aliphatic rings. The number of ether oxygens (including phenoxy) is 1. The van der Waals surface area contributed by atoms with Crippen molar-refractivity contribution < 1.29 is 33.0 Å². The lowest BCUT2D eigenvalue weighted by molar-refractivity contribution is 0.0596. The van der Waals surface area contributed by atoms with E-state index in [9.17, 15) is 28.3 Å². The predicted octanol–water partition coefficient (Wildman–Crippen LogP) is 6.14. The monoisotopic (exact) mass is 556 g/mol. The summed E-state index contributed by atoms with van der Waals surface area (Å²) in [6.07, 6.45) is -0.154. The van der Waals surface area contributed by atoms with E-state index in [0.29, 0.717) is 29.7 Å². The molecule has 0 aromatic heterocycles. The summed E-state index contributed by atoms with van der Waals surface area (Å²) in [6.45, 7) is 0.237. The summed E-state index contributed by atoms with van der Waals surface area (Å²) in [5.74, 6) is -2.93. The molecule has 9 heteroatoms. The van der Waals surface area contributed by atoms with E-state index >= 15 is 0 Å². The number of nitrogens with one attached hydrogen (secondary N) is 1. The number of aliphatic hydroxyl groups excluding tert-OH is 1. The topological polar surface area (TPSA) is 95.9 Å². The number of esters is 1. The average molecular weight is 557 g/mol. The number of carbonyl (C=O) groups is 3. The molecular formula is C32H26F2N2O5. The second-order valence-electron chi connectivity index (χ2n) is 9.58. The lowest BCUT2D eigenvalue weighted by atomic mass is 9.98. The molecule has 0 aliphatic carbocycles. The molecule has 0 bridgehead atoms. The summed E-state index contributed by atoms with van der Waals surface area (Å²) in [7, 11) is 1.17. The van der Waals surface area contributed by atoms with Gasteiger partial charge in [-0.2, -0.15) is 0 Å². The minimum absolute atomic E-state index is 0.00766. The highest BCUT2D eigenvalue weighted by Crippen LogP contribution is 2.35. The van der Waals surface area contributed by atoms with Gasteiger partial charge in [-0.05, 0) is 78.6 Å². The van der Waals surface area contributed by atoms with Crippen molar-refractivity contribution >= 4 is 29.2 Å². The highest BCUT2D eigenvalue weighted by atomic mass is 19.1. The molecule has 41 heavy (non-hydrogen) atoms. The molecule has 1 aliphatic heterocycles. The van der Waals surface area contributed by atoms with Crippen LogP contribution in [0.2, 0.25) is 0 Å². The van der Waals surface area contributed by atoms with E-state index in [1.54, 1.807) is 24.3 Å². The number of fused-ring (bicyclic) bond motifs is 1. The molecule has 1 atom stereocenters. The van der Waals surface area contributed by atoms with Crippen molar-refractivity contribution in [2.24, 2.45) is 0 Å². The molecule has 0 spiro atoms. The molecular weight excluding hydrogens is 530 g/mol. The van der Waals surface area contributed by atoms with E-state index in [-0.39, 0.29) is 34.5 Å². The van der Waals surface area contributed by atoms with Crippen molar-refractivity contribution in [1.82, 2.24) is 0 Å². The molecule has 1 heterocycles. The molecule has 0 saturated heterocycles. The van der Waals surface area contributed by atoms with Crippen LogP contribution in [0.25, 0.3) is 11.1 Å². The number of aliphatic hydroxyl groups is 1. The molecule has 7 nitrogen and oxygen atoms in total. The van der Waals surface area contributed by atoms with Crippen LogP contribution >= 0.6 is 0 Å². The fourth-order valence-corrected chi connectivity index (χ4v) is 4.97. The molecule has 2 amide bonds. The van der Waals surface area contributed by atoms with Gasteiger partial charge in [-0.25, -0.2) is 13.6 Å². The Balaban J connectivity index is 1.49. The third-order valence-corrected chi connectivity index (χ3v) is 6.97. The van der Waals surface area contributed by atoms with E-state index in [4.69, 9.17) is 4.74 Å². The number of carbonyl (C=O) groups excluding carboxylic acids is 3. The Kier molecular flexibility index (Phi) is 7.89. The number of methoxy groups -OCH3 is 1. The van der Waals surface area contributed by atoms with Crippen LogP contribution in [0.3, 0.4) is 0 Å². The van der Waals surface area contributed by atoms with E-state index < -0.39 is 35.5 Å².